The number of aromatic amines is 1. The fourth-order valence-electron chi connectivity index (χ4n) is 1.26. The Kier molecular flexibility index (Phi) is 5.10. The van der Waals surface area contributed by atoms with Crippen molar-refractivity contribution >= 4 is 10.0 Å². The van der Waals surface area contributed by atoms with Crippen molar-refractivity contribution in [3.63, 3.8) is 0 Å². The molecule has 7 heteroatoms. The third kappa shape index (κ3) is 4.10. The standard InChI is InChI=1S/C10H19N3O3S/c1-4-16-7-9(8(2)3)13-17(14,15)10-5-6-11-12-10/h5-6,8-9,13H,4,7H2,1-3H3,(H,11,12). The van der Waals surface area contributed by atoms with Crippen LogP contribution >= 0.6 is 0 Å². The first kappa shape index (κ1) is 14.1. The van der Waals surface area contributed by atoms with Gasteiger partial charge in [0.2, 0.25) is 0 Å². The summed E-state index contributed by atoms with van der Waals surface area (Å²) < 4.78 is 31.7. The van der Waals surface area contributed by atoms with Crippen molar-refractivity contribution in [3.8, 4) is 0 Å². The first-order chi connectivity index (χ1) is 7.97. The van der Waals surface area contributed by atoms with E-state index >= 15 is 0 Å². The third-order valence-electron chi connectivity index (χ3n) is 2.38. The molecule has 1 aromatic heterocycles. The Bertz CT molecular complexity index is 414. The summed E-state index contributed by atoms with van der Waals surface area (Å²) in [5.74, 6) is 0.152. The molecule has 1 rings (SSSR count). The molecule has 0 amide bonds. The Morgan fingerprint density at radius 1 is 1.53 bits per heavy atom. The number of sulfonamides is 1. The van der Waals surface area contributed by atoms with Gasteiger partial charge in [-0.3, -0.25) is 5.10 Å². The number of H-pyrrole nitrogens is 1. The SMILES string of the molecule is CCOCC(NS(=O)(=O)c1ccn[nH]1)C(C)C. The fourth-order valence-corrected chi connectivity index (χ4v) is 2.54. The molecule has 2 N–H and O–H groups in total. The minimum Gasteiger partial charge on any atom is -0.380 e. The molecule has 0 fully saturated rings. The highest BCUT2D eigenvalue weighted by molar-refractivity contribution is 7.89. The molecule has 1 atom stereocenters. The Morgan fingerprint density at radius 3 is 2.71 bits per heavy atom. The van der Waals surface area contributed by atoms with E-state index in [2.05, 4.69) is 14.9 Å². The van der Waals surface area contributed by atoms with E-state index in [9.17, 15) is 8.42 Å². The highest BCUT2D eigenvalue weighted by atomic mass is 32.2. The predicted octanol–water partition coefficient (Wildman–Crippen LogP) is 0.749. The highest BCUT2D eigenvalue weighted by Crippen LogP contribution is 2.09. The molecule has 0 aromatic carbocycles. The van der Waals surface area contributed by atoms with Crippen LogP contribution in [0.4, 0.5) is 0 Å². The lowest BCUT2D eigenvalue weighted by atomic mass is 10.1. The maximum absolute atomic E-state index is 11.9. The van der Waals surface area contributed by atoms with Gasteiger partial charge < -0.3 is 4.74 Å². The molecule has 0 saturated carbocycles. The van der Waals surface area contributed by atoms with Crippen LogP contribution in [0.3, 0.4) is 0 Å². The summed E-state index contributed by atoms with van der Waals surface area (Å²) in [6.45, 7) is 6.69. The number of aromatic nitrogens is 2. The topological polar surface area (TPSA) is 84.1 Å². The molecule has 17 heavy (non-hydrogen) atoms. The molecule has 0 aliphatic carbocycles. The van der Waals surface area contributed by atoms with E-state index in [-0.39, 0.29) is 17.0 Å². The summed E-state index contributed by atoms with van der Waals surface area (Å²) in [5.41, 5.74) is 0. The van der Waals surface area contributed by atoms with Gasteiger partial charge in [-0.05, 0) is 18.9 Å². The van der Waals surface area contributed by atoms with Crippen LogP contribution in [0.25, 0.3) is 0 Å². The van der Waals surface area contributed by atoms with Gasteiger partial charge in [-0.2, -0.15) is 5.10 Å². The van der Waals surface area contributed by atoms with Gasteiger partial charge in [0.15, 0.2) is 5.03 Å². The Labute approximate surface area is 102 Å². The molecule has 0 saturated heterocycles. The molecule has 1 heterocycles. The normalized spacial score (nSPS) is 14.1. The summed E-state index contributed by atoms with van der Waals surface area (Å²) in [6.07, 6.45) is 1.40. The van der Waals surface area contributed by atoms with E-state index < -0.39 is 10.0 Å². The van der Waals surface area contributed by atoms with Gasteiger partial charge in [-0.15, -0.1) is 0 Å². The molecule has 1 unspecified atom stereocenters. The molecule has 1 aromatic rings. The second-order valence-electron chi connectivity index (χ2n) is 4.05. The summed E-state index contributed by atoms with van der Waals surface area (Å²) in [6, 6.07) is 1.17. The zero-order valence-corrected chi connectivity index (χ0v) is 11.1. The second-order valence-corrected chi connectivity index (χ2v) is 5.73. The van der Waals surface area contributed by atoms with Crippen LogP contribution in [0.15, 0.2) is 17.3 Å². The second kappa shape index (κ2) is 6.13. The van der Waals surface area contributed by atoms with Crippen molar-refractivity contribution < 1.29 is 13.2 Å². The number of hydrogen-bond acceptors (Lipinski definition) is 4. The van der Waals surface area contributed by atoms with Crippen molar-refractivity contribution in [2.45, 2.75) is 31.8 Å². The van der Waals surface area contributed by atoms with Crippen LogP contribution in [0.2, 0.25) is 0 Å². The summed E-state index contributed by atoms with van der Waals surface area (Å²) >= 11 is 0. The zero-order chi connectivity index (χ0) is 12.9. The van der Waals surface area contributed by atoms with E-state index in [0.717, 1.165) is 0 Å². The largest absolute Gasteiger partial charge is 0.380 e. The van der Waals surface area contributed by atoms with Crippen molar-refractivity contribution in [2.75, 3.05) is 13.2 Å². The van der Waals surface area contributed by atoms with Crippen LogP contribution in [0, 0.1) is 5.92 Å². The molecule has 0 aliphatic rings. The quantitative estimate of drug-likeness (QED) is 0.758. The van der Waals surface area contributed by atoms with E-state index in [1.807, 2.05) is 20.8 Å². The van der Waals surface area contributed by atoms with Gasteiger partial charge >= 0.3 is 0 Å². The zero-order valence-electron chi connectivity index (χ0n) is 10.3. The predicted molar refractivity (Wildman–Crippen MR) is 64.0 cm³/mol. The molecule has 0 radical (unpaired) electrons. The van der Waals surface area contributed by atoms with Gasteiger partial charge in [-0.1, -0.05) is 13.8 Å². The fraction of sp³-hybridized carbons (Fsp3) is 0.700. The maximum atomic E-state index is 11.9. The lowest BCUT2D eigenvalue weighted by Gasteiger charge is -2.21. The van der Waals surface area contributed by atoms with Crippen LogP contribution in [-0.2, 0) is 14.8 Å². The maximum Gasteiger partial charge on any atom is 0.257 e. The Balaban J connectivity index is 2.73. The first-order valence-corrected chi connectivity index (χ1v) is 7.05. The van der Waals surface area contributed by atoms with Crippen LogP contribution in [0.1, 0.15) is 20.8 Å². The summed E-state index contributed by atoms with van der Waals surface area (Å²) in [7, 11) is -3.54. The van der Waals surface area contributed by atoms with Crippen LogP contribution < -0.4 is 4.72 Å². The summed E-state index contributed by atoms with van der Waals surface area (Å²) in [4.78, 5) is 0. The number of nitrogens with one attached hydrogen (secondary N) is 2. The van der Waals surface area contributed by atoms with Crippen molar-refractivity contribution in [2.24, 2.45) is 5.92 Å². The molecule has 98 valence electrons. The van der Waals surface area contributed by atoms with E-state index in [1.54, 1.807) is 0 Å². The molecule has 0 bridgehead atoms. The lowest BCUT2D eigenvalue weighted by molar-refractivity contribution is 0.116. The highest BCUT2D eigenvalue weighted by Gasteiger charge is 2.23. The lowest BCUT2D eigenvalue weighted by Crippen LogP contribution is -2.41. The summed E-state index contributed by atoms with van der Waals surface area (Å²) in [5, 5.41) is 6.13. The van der Waals surface area contributed by atoms with E-state index in [0.29, 0.717) is 13.2 Å². The van der Waals surface area contributed by atoms with Crippen molar-refractivity contribution in [1.82, 2.24) is 14.9 Å². The van der Waals surface area contributed by atoms with Crippen molar-refractivity contribution in [3.05, 3.63) is 12.3 Å². The van der Waals surface area contributed by atoms with Gasteiger partial charge in [-0.25, -0.2) is 13.1 Å². The van der Waals surface area contributed by atoms with E-state index in [1.165, 1.54) is 12.3 Å². The average Bonchev–Trinajstić information content (AvgIpc) is 2.77. The Hall–Kier alpha value is -0.920. The van der Waals surface area contributed by atoms with Gasteiger partial charge in [0, 0.05) is 12.6 Å². The monoisotopic (exact) mass is 261 g/mol. The molecule has 0 spiro atoms. The molecular formula is C10H19N3O3S. The molecular weight excluding hydrogens is 242 g/mol. The number of ether oxygens (including phenoxy) is 1. The number of nitrogens with zero attached hydrogens (tertiary/aromatic N) is 1. The molecule has 0 aliphatic heterocycles. The average molecular weight is 261 g/mol. The van der Waals surface area contributed by atoms with Gasteiger partial charge in [0.1, 0.15) is 0 Å². The third-order valence-corrected chi connectivity index (χ3v) is 3.80. The minimum absolute atomic E-state index is 0.0691. The Morgan fingerprint density at radius 2 is 2.24 bits per heavy atom. The number of hydrogen-bond donors (Lipinski definition) is 2. The van der Waals surface area contributed by atoms with Crippen molar-refractivity contribution in [1.29, 1.82) is 0 Å². The first-order valence-electron chi connectivity index (χ1n) is 5.56. The molecule has 6 nitrogen and oxygen atoms in total. The smallest absolute Gasteiger partial charge is 0.257 e. The van der Waals surface area contributed by atoms with E-state index in [4.69, 9.17) is 4.74 Å². The minimum atomic E-state index is -3.54. The van der Waals surface area contributed by atoms with Crippen LogP contribution in [0.5, 0.6) is 0 Å². The number of rotatable bonds is 7. The van der Waals surface area contributed by atoms with Crippen LogP contribution in [-0.4, -0.2) is 37.9 Å². The van der Waals surface area contributed by atoms with Gasteiger partial charge in [0.05, 0.1) is 12.8 Å². The van der Waals surface area contributed by atoms with Gasteiger partial charge in [0.25, 0.3) is 10.0 Å².